The van der Waals surface area contributed by atoms with Gasteiger partial charge in [0, 0.05) is 42.9 Å². The number of carbonyl (C=O) groups is 1. The van der Waals surface area contributed by atoms with Crippen LogP contribution in [0.3, 0.4) is 0 Å². The van der Waals surface area contributed by atoms with Crippen LogP contribution in [0, 0.1) is 0 Å². The summed E-state index contributed by atoms with van der Waals surface area (Å²) in [7, 11) is 0. The Kier molecular flexibility index (Phi) is 4.79. The van der Waals surface area contributed by atoms with Crippen LogP contribution in [-0.2, 0) is 11.2 Å². The lowest BCUT2D eigenvalue weighted by Crippen LogP contribution is -2.50. The Morgan fingerprint density at radius 1 is 1.35 bits per heavy atom. The quantitative estimate of drug-likeness (QED) is 0.777. The van der Waals surface area contributed by atoms with E-state index in [1.165, 1.54) is 10.4 Å². The second kappa shape index (κ2) is 6.58. The van der Waals surface area contributed by atoms with Gasteiger partial charge in [0.25, 0.3) is 0 Å². The number of alkyl halides is 1. The third-order valence-electron chi connectivity index (χ3n) is 4.43. The van der Waals surface area contributed by atoms with Crippen molar-refractivity contribution in [3.05, 3.63) is 21.9 Å². The molecule has 1 aliphatic heterocycles. The normalized spacial score (nSPS) is 23.6. The minimum atomic E-state index is 0.132. The zero-order valence-corrected chi connectivity index (χ0v) is 14.1. The highest BCUT2D eigenvalue weighted by Crippen LogP contribution is 2.36. The molecule has 1 saturated heterocycles. The van der Waals surface area contributed by atoms with Crippen molar-refractivity contribution in [1.29, 1.82) is 0 Å². The van der Waals surface area contributed by atoms with Gasteiger partial charge < -0.3 is 4.90 Å². The van der Waals surface area contributed by atoms with E-state index >= 15 is 0 Å². The van der Waals surface area contributed by atoms with Gasteiger partial charge in [0.05, 0.1) is 5.92 Å². The van der Waals surface area contributed by atoms with Crippen LogP contribution in [0.1, 0.15) is 29.2 Å². The molecule has 110 valence electrons. The number of carbonyl (C=O) groups excluding carboxylic acids is 1. The standard InChI is InChI=1S/C15H21BrN2OS/c16-5-6-17-7-9-18(10-8-17)15(19)13-2-1-3-14-12(13)4-11-20-14/h4,11,13H,1-3,5-10H2. The van der Waals surface area contributed by atoms with Gasteiger partial charge in [-0.25, -0.2) is 0 Å². The molecule has 0 spiro atoms. The predicted molar refractivity (Wildman–Crippen MR) is 86.8 cm³/mol. The first-order valence-corrected chi connectivity index (χ1v) is 9.43. The van der Waals surface area contributed by atoms with E-state index in [1.54, 1.807) is 0 Å². The number of aryl methyl sites for hydroxylation is 1. The van der Waals surface area contributed by atoms with E-state index < -0.39 is 0 Å². The number of piperazine rings is 1. The van der Waals surface area contributed by atoms with Crippen molar-refractivity contribution in [3.63, 3.8) is 0 Å². The number of nitrogens with zero attached hydrogens (tertiary/aromatic N) is 2. The summed E-state index contributed by atoms with van der Waals surface area (Å²) in [5.41, 5.74) is 1.31. The van der Waals surface area contributed by atoms with Crippen molar-refractivity contribution in [1.82, 2.24) is 9.80 Å². The van der Waals surface area contributed by atoms with Crippen LogP contribution in [0.15, 0.2) is 11.4 Å². The first kappa shape index (κ1) is 14.5. The molecule has 5 heteroatoms. The largest absolute Gasteiger partial charge is 0.340 e. The molecule has 1 fully saturated rings. The third kappa shape index (κ3) is 2.95. The maximum Gasteiger partial charge on any atom is 0.230 e. The van der Waals surface area contributed by atoms with Crippen LogP contribution in [0.4, 0.5) is 0 Å². The summed E-state index contributed by atoms with van der Waals surface area (Å²) < 4.78 is 0. The van der Waals surface area contributed by atoms with Crippen LogP contribution < -0.4 is 0 Å². The van der Waals surface area contributed by atoms with Gasteiger partial charge in [-0.2, -0.15) is 0 Å². The molecule has 3 nitrogen and oxygen atoms in total. The van der Waals surface area contributed by atoms with E-state index in [0.717, 1.165) is 57.3 Å². The van der Waals surface area contributed by atoms with Crippen LogP contribution in [0.5, 0.6) is 0 Å². The van der Waals surface area contributed by atoms with E-state index in [1.807, 2.05) is 11.3 Å². The summed E-state index contributed by atoms with van der Waals surface area (Å²) in [4.78, 5) is 18.7. The van der Waals surface area contributed by atoms with Crippen LogP contribution >= 0.6 is 27.3 Å². The highest BCUT2D eigenvalue weighted by atomic mass is 79.9. The number of thiophene rings is 1. The van der Waals surface area contributed by atoms with Crippen molar-refractivity contribution in [2.45, 2.75) is 25.2 Å². The Labute approximate surface area is 133 Å². The van der Waals surface area contributed by atoms with Gasteiger partial charge >= 0.3 is 0 Å². The molecule has 0 N–H and O–H groups in total. The molecule has 1 atom stereocenters. The molecule has 0 aromatic carbocycles. The number of halogens is 1. The Morgan fingerprint density at radius 2 is 2.15 bits per heavy atom. The Morgan fingerprint density at radius 3 is 2.90 bits per heavy atom. The molecule has 2 heterocycles. The number of fused-ring (bicyclic) bond motifs is 1. The minimum absolute atomic E-state index is 0.132. The highest BCUT2D eigenvalue weighted by molar-refractivity contribution is 9.09. The van der Waals surface area contributed by atoms with E-state index in [4.69, 9.17) is 0 Å². The SMILES string of the molecule is O=C(C1CCCc2sccc21)N1CCN(CCBr)CC1. The maximum absolute atomic E-state index is 12.8. The van der Waals surface area contributed by atoms with E-state index in [2.05, 4.69) is 37.2 Å². The van der Waals surface area contributed by atoms with E-state index in [9.17, 15) is 4.79 Å². The zero-order chi connectivity index (χ0) is 13.9. The maximum atomic E-state index is 12.8. The first-order chi connectivity index (χ1) is 9.79. The van der Waals surface area contributed by atoms with Crippen molar-refractivity contribution in [2.75, 3.05) is 38.1 Å². The van der Waals surface area contributed by atoms with Crippen LogP contribution in [0.2, 0.25) is 0 Å². The molecule has 1 aromatic heterocycles. The summed E-state index contributed by atoms with van der Waals surface area (Å²) in [6.07, 6.45) is 3.35. The first-order valence-electron chi connectivity index (χ1n) is 7.43. The van der Waals surface area contributed by atoms with Gasteiger partial charge in [-0.1, -0.05) is 15.9 Å². The molecule has 1 unspecified atom stereocenters. The number of amides is 1. The average Bonchev–Trinajstić information content (AvgIpc) is 2.96. The monoisotopic (exact) mass is 356 g/mol. The minimum Gasteiger partial charge on any atom is -0.340 e. The topological polar surface area (TPSA) is 23.6 Å². The van der Waals surface area contributed by atoms with Crippen LogP contribution in [-0.4, -0.2) is 53.8 Å². The molecule has 2 aliphatic rings. The average molecular weight is 357 g/mol. The fraction of sp³-hybridized carbons (Fsp3) is 0.667. The molecule has 1 aromatic rings. The summed E-state index contributed by atoms with van der Waals surface area (Å²) in [6.45, 7) is 4.89. The molecule has 0 radical (unpaired) electrons. The fourth-order valence-corrected chi connectivity index (χ4v) is 4.76. The van der Waals surface area contributed by atoms with Crippen molar-refractivity contribution < 1.29 is 4.79 Å². The second-order valence-electron chi connectivity index (χ2n) is 5.60. The molecular weight excluding hydrogens is 336 g/mol. The second-order valence-corrected chi connectivity index (χ2v) is 7.39. The Balaban J connectivity index is 1.64. The predicted octanol–water partition coefficient (Wildman–Crippen LogP) is 2.71. The Bertz CT molecular complexity index is 468. The zero-order valence-electron chi connectivity index (χ0n) is 11.7. The molecule has 3 rings (SSSR count). The number of hydrogen-bond acceptors (Lipinski definition) is 3. The molecular formula is C15H21BrN2OS. The number of rotatable bonds is 3. The lowest BCUT2D eigenvalue weighted by Gasteiger charge is -2.37. The van der Waals surface area contributed by atoms with E-state index in [0.29, 0.717) is 5.91 Å². The van der Waals surface area contributed by atoms with Crippen molar-refractivity contribution >= 4 is 33.2 Å². The third-order valence-corrected chi connectivity index (χ3v) is 5.79. The van der Waals surface area contributed by atoms with Gasteiger partial charge in [0.2, 0.25) is 5.91 Å². The molecule has 20 heavy (non-hydrogen) atoms. The van der Waals surface area contributed by atoms with Gasteiger partial charge in [-0.3, -0.25) is 9.69 Å². The summed E-state index contributed by atoms with van der Waals surface area (Å²) in [6, 6.07) is 2.17. The number of hydrogen-bond donors (Lipinski definition) is 0. The fourth-order valence-electron chi connectivity index (χ4n) is 3.27. The van der Waals surface area contributed by atoms with Gasteiger partial charge in [-0.15, -0.1) is 11.3 Å². The lowest BCUT2D eigenvalue weighted by molar-refractivity contribution is -0.134. The summed E-state index contributed by atoms with van der Waals surface area (Å²) in [5.74, 6) is 0.496. The van der Waals surface area contributed by atoms with Gasteiger partial charge in [0.1, 0.15) is 0 Å². The van der Waals surface area contributed by atoms with Crippen LogP contribution in [0.25, 0.3) is 0 Å². The summed E-state index contributed by atoms with van der Waals surface area (Å²) in [5, 5.41) is 3.16. The van der Waals surface area contributed by atoms with Gasteiger partial charge in [-0.05, 0) is 36.3 Å². The molecule has 1 aliphatic carbocycles. The van der Waals surface area contributed by atoms with Crippen molar-refractivity contribution in [2.24, 2.45) is 0 Å². The summed E-state index contributed by atoms with van der Waals surface area (Å²) >= 11 is 5.30. The lowest BCUT2D eigenvalue weighted by atomic mass is 9.86. The van der Waals surface area contributed by atoms with Crippen molar-refractivity contribution in [3.8, 4) is 0 Å². The van der Waals surface area contributed by atoms with E-state index in [-0.39, 0.29) is 5.92 Å². The van der Waals surface area contributed by atoms with Gasteiger partial charge in [0.15, 0.2) is 0 Å². The smallest absolute Gasteiger partial charge is 0.230 e. The highest BCUT2D eigenvalue weighted by Gasteiger charge is 2.31. The Hall–Kier alpha value is -0.390. The molecule has 1 amide bonds. The molecule has 0 saturated carbocycles. The molecule has 0 bridgehead atoms.